The van der Waals surface area contributed by atoms with Gasteiger partial charge in [0.05, 0.1) is 18.1 Å². The van der Waals surface area contributed by atoms with Gasteiger partial charge in [0.2, 0.25) is 0 Å². The maximum absolute atomic E-state index is 10.5. The van der Waals surface area contributed by atoms with Crippen molar-refractivity contribution in [3.05, 3.63) is 34.4 Å². The Morgan fingerprint density at radius 1 is 1.50 bits per heavy atom. The van der Waals surface area contributed by atoms with Crippen molar-refractivity contribution in [2.75, 3.05) is 20.3 Å². The summed E-state index contributed by atoms with van der Waals surface area (Å²) < 4.78 is 4.94. The van der Waals surface area contributed by atoms with E-state index in [1.807, 2.05) is 0 Å². The summed E-state index contributed by atoms with van der Waals surface area (Å²) in [6.07, 6.45) is 0. The number of nitro benzene ring substituents is 1. The molecule has 1 rings (SSSR count). The zero-order valence-corrected chi connectivity index (χ0v) is 10.8. The second-order valence-electron chi connectivity index (χ2n) is 3.71. The first kappa shape index (κ1) is 14.9. The lowest BCUT2D eigenvalue weighted by Gasteiger charge is -2.20. The normalized spacial score (nSPS) is 14.2. The highest BCUT2D eigenvalue weighted by atomic mass is 32.2. The van der Waals surface area contributed by atoms with Gasteiger partial charge in [0.25, 0.3) is 5.69 Å². The monoisotopic (exact) mass is 272 g/mol. The van der Waals surface area contributed by atoms with Crippen molar-refractivity contribution >= 4 is 17.4 Å². The van der Waals surface area contributed by atoms with Gasteiger partial charge >= 0.3 is 0 Å². The summed E-state index contributed by atoms with van der Waals surface area (Å²) in [7, 11) is 1.55. The van der Waals surface area contributed by atoms with E-state index in [0.717, 1.165) is 4.90 Å². The van der Waals surface area contributed by atoms with Crippen LogP contribution >= 0.6 is 11.8 Å². The molecular formula is C11H16N2O4S. The van der Waals surface area contributed by atoms with Gasteiger partial charge in [-0.2, -0.15) is 0 Å². The van der Waals surface area contributed by atoms with Gasteiger partial charge in [0.1, 0.15) is 0 Å². The van der Waals surface area contributed by atoms with Crippen LogP contribution in [0.15, 0.2) is 29.2 Å². The molecule has 0 aromatic heterocycles. The number of aliphatic hydroxyl groups excluding tert-OH is 1. The first-order chi connectivity index (χ1) is 8.58. The number of nitrogens with two attached hydrogens (primary N) is 1. The Morgan fingerprint density at radius 3 is 2.56 bits per heavy atom. The van der Waals surface area contributed by atoms with Crippen LogP contribution < -0.4 is 5.73 Å². The molecule has 6 nitrogen and oxygen atoms in total. The van der Waals surface area contributed by atoms with Crippen LogP contribution in [0, 0.1) is 10.1 Å². The van der Waals surface area contributed by atoms with Crippen LogP contribution in [0.4, 0.5) is 5.69 Å². The van der Waals surface area contributed by atoms with Crippen molar-refractivity contribution in [3.63, 3.8) is 0 Å². The fourth-order valence-electron chi connectivity index (χ4n) is 1.38. The number of hydrogen-bond acceptors (Lipinski definition) is 6. The zero-order chi connectivity index (χ0) is 13.5. The van der Waals surface area contributed by atoms with E-state index in [1.54, 1.807) is 19.2 Å². The van der Waals surface area contributed by atoms with Crippen LogP contribution in [-0.2, 0) is 4.74 Å². The average Bonchev–Trinajstić information content (AvgIpc) is 2.36. The predicted octanol–water partition coefficient (Wildman–Crippen LogP) is 1.02. The highest BCUT2D eigenvalue weighted by Gasteiger charge is 2.18. The molecule has 18 heavy (non-hydrogen) atoms. The largest absolute Gasteiger partial charge is 0.395 e. The van der Waals surface area contributed by atoms with Crippen molar-refractivity contribution in [1.82, 2.24) is 0 Å². The Balaban J connectivity index is 2.67. The topological polar surface area (TPSA) is 98.6 Å². The highest BCUT2D eigenvalue weighted by Crippen LogP contribution is 2.26. The quantitative estimate of drug-likeness (QED) is 0.437. The first-order valence-corrected chi connectivity index (χ1v) is 6.23. The van der Waals surface area contributed by atoms with Gasteiger partial charge in [-0.25, -0.2) is 0 Å². The average molecular weight is 272 g/mol. The molecule has 0 aliphatic heterocycles. The molecule has 100 valence electrons. The highest BCUT2D eigenvalue weighted by molar-refractivity contribution is 8.00. The molecule has 3 N–H and O–H groups in total. The fraction of sp³-hybridized carbons (Fsp3) is 0.455. The minimum atomic E-state index is -0.450. The molecular weight excluding hydrogens is 256 g/mol. The standard InChI is InChI=1S/C11H16N2O4S/c1-17-7-10(12)11(6-14)18-9-4-2-8(3-5-9)13(15)16/h2-5,10-11,14H,6-7,12H2,1H3. The number of hydrogen-bond donors (Lipinski definition) is 2. The van der Waals surface area contributed by atoms with Gasteiger partial charge in [0.15, 0.2) is 0 Å². The Hall–Kier alpha value is -1.15. The zero-order valence-electron chi connectivity index (χ0n) is 9.98. The van der Waals surface area contributed by atoms with E-state index >= 15 is 0 Å². The third kappa shape index (κ3) is 4.26. The van der Waals surface area contributed by atoms with Gasteiger partial charge in [0, 0.05) is 35.4 Å². The molecule has 7 heteroatoms. The van der Waals surface area contributed by atoms with Crippen molar-refractivity contribution in [2.24, 2.45) is 5.73 Å². The van der Waals surface area contributed by atoms with Crippen molar-refractivity contribution in [1.29, 1.82) is 0 Å². The summed E-state index contributed by atoms with van der Waals surface area (Å²) in [6, 6.07) is 5.85. The molecule has 2 unspecified atom stereocenters. The molecule has 2 atom stereocenters. The lowest BCUT2D eigenvalue weighted by atomic mass is 10.2. The van der Waals surface area contributed by atoms with Crippen molar-refractivity contribution in [2.45, 2.75) is 16.2 Å². The molecule has 0 fully saturated rings. The third-order valence-corrected chi connectivity index (χ3v) is 3.70. The van der Waals surface area contributed by atoms with Crippen LogP contribution in [0.5, 0.6) is 0 Å². The summed E-state index contributed by atoms with van der Waals surface area (Å²) >= 11 is 1.38. The Bertz CT molecular complexity index is 385. The molecule has 0 saturated carbocycles. The van der Waals surface area contributed by atoms with Gasteiger partial charge in [-0.1, -0.05) is 0 Å². The van der Waals surface area contributed by atoms with Crippen LogP contribution in [0.25, 0.3) is 0 Å². The second kappa shape index (κ2) is 7.32. The summed E-state index contributed by atoms with van der Waals surface area (Å²) in [5, 5.41) is 19.6. The number of aliphatic hydroxyl groups is 1. The minimum absolute atomic E-state index is 0.0427. The van der Waals surface area contributed by atoms with E-state index in [-0.39, 0.29) is 23.6 Å². The predicted molar refractivity (Wildman–Crippen MR) is 69.7 cm³/mol. The SMILES string of the molecule is COCC(N)C(CO)Sc1ccc([N+](=O)[O-])cc1. The smallest absolute Gasteiger partial charge is 0.269 e. The van der Waals surface area contributed by atoms with Gasteiger partial charge in [-0.15, -0.1) is 11.8 Å². The van der Waals surface area contributed by atoms with Crippen molar-refractivity contribution < 1.29 is 14.8 Å². The lowest BCUT2D eigenvalue weighted by Crippen LogP contribution is -2.38. The number of nitro groups is 1. The maximum atomic E-state index is 10.5. The molecule has 0 bridgehead atoms. The van der Waals surface area contributed by atoms with Crippen molar-refractivity contribution in [3.8, 4) is 0 Å². The molecule has 0 heterocycles. The Morgan fingerprint density at radius 2 is 2.11 bits per heavy atom. The van der Waals surface area contributed by atoms with Crippen LogP contribution in [0.1, 0.15) is 0 Å². The third-order valence-electron chi connectivity index (χ3n) is 2.35. The van der Waals surface area contributed by atoms with Crippen LogP contribution in [-0.4, -0.2) is 41.6 Å². The summed E-state index contributed by atoms with van der Waals surface area (Å²) in [4.78, 5) is 10.9. The molecule has 0 radical (unpaired) electrons. The fourth-order valence-corrected chi connectivity index (χ4v) is 2.35. The molecule has 0 saturated heterocycles. The Kier molecular flexibility index (Phi) is 6.06. The van der Waals surface area contributed by atoms with Gasteiger partial charge in [-0.3, -0.25) is 10.1 Å². The molecule has 0 amide bonds. The number of thioether (sulfide) groups is 1. The molecule has 0 spiro atoms. The van der Waals surface area contributed by atoms with Crippen LogP contribution in [0.2, 0.25) is 0 Å². The lowest BCUT2D eigenvalue weighted by molar-refractivity contribution is -0.384. The first-order valence-electron chi connectivity index (χ1n) is 5.35. The van der Waals surface area contributed by atoms with E-state index in [4.69, 9.17) is 10.5 Å². The number of ether oxygens (including phenoxy) is 1. The number of benzene rings is 1. The minimum Gasteiger partial charge on any atom is -0.395 e. The molecule has 0 aliphatic carbocycles. The van der Waals surface area contributed by atoms with E-state index in [0.29, 0.717) is 6.61 Å². The van der Waals surface area contributed by atoms with Crippen LogP contribution in [0.3, 0.4) is 0 Å². The summed E-state index contributed by atoms with van der Waals surface area (Å²) in [6.45, 7) is 0.275. The number of methoxy groups -OCH3 is 1. The van der Waals surface area contributed by atoms with E-state index in [2.05, 4.69) is 0 Å². The Labute approximate surface area is 109 Å². The molecule has 1 aromatic carbocycles. The summed E-state index contributed by atoms with van der Waals surface area (Å²) in [5.41, 5.74) is 5.89. The van der Waals surface area contributed by atoms with Gasteiger partial charge in [-0.05, 0) is 12.1 Å². The van der Waals surface area contributed by atoms with E-state index in [9.17, 15) is 15.2 Å². The number of rotatable bonds is 7. The maximum Gasteiger partial charge on any atom is 0.269 e. The van der Waals surface area contributed by atoms with E-state index < -0.39 is 4.92 Å². The number of nitrogens with zero attached hydrogens (tertiary/aromatic N) is 1. The molecule has 0 aliphatic rings. The number of non-ortho nitro benzene ring substituents is 1. The molecule has 1 aromatic rings. The van der Waals surface area contributed by atoms with E-state index in [1.165, 1.54) is 23.9 Å². The summed E-state index contributed by atoms with van der Waals surface area (Å²) in [5.74, 6) is 0. The van der Waals surface area contributed by atoms with Gasteiger partial charge < -0.3 is 15.6 Å². The second-order valence-corrected chi connectivity index (χ2v) is 5.02.